The number of hydrogen-bond donors (Lipinski definition) is 2. The van der Waals surface area contributed by atoms with Crippen LogP contribution in [0.5, 0.6) is 5.75 Å². The van der Waals surface area contributed by atoms with E-state index in [1.165, 1.54) is 0 Å². The third-order valence-electron chi connectivity index (χ3n) is 4.32. The molecule has 5 nitrogen and oxygen atoms in total. The predicted molar refractivity (Wildman–Crippen MR) is 113 cm³/mol. The minimum absolute atomic E-state index is 0.0169. The lowest BCUT2D eigenvalue weighted by atomic mass is 9.93. The van der Waals surface area contributed by atoms with E-state index in [1.54, 1.807) is 36.4 Å². The molecule has 1 unspecified atom stereocenters. The summed E-state index contributed by atoms with van der Waals surface area (Å²) in [4.78, 5) is 14.6. The Morgan fingerprint density at radius 2 is 1.68 bits per heavy atom. The molecule has 0 aliphatic rings. The lowest BCUT2D eigenvalue weighted by Gasteiger charge is -2.29. The van der Waals surface area contributed by atoms with Gasteiger partial charge in [-0.2, -0.15) is 0 Å². The Kier molecular flexibility index (Phi) is 8.18. The second-order valence-corrected chi connectivity index (χ2v) is 8.22. The van der Waals surface area contributed by atoms with Gasteiger partial charge < -0.3 is 20.1 Å². The minimum Gasteiger partial charge on any atom is -0.491 e. The summed E-state index contributed by atoms with van der Waals surface area (Å²) in [6.07, 6.45) is -0.596. The van der Waals surface area contributed by atoms with Gasteiger partial charge in [-0.15, -0.1) is 0 Å². The van der Waals surface area contributed by atoms with Gasteiger partial charge in [-0.1, -0.05) is 44.2 Å². The number of ketones is 1. The van der Waals surface area contributed by atoms with Crippen LogP contribution in [0.25, 0.3) is 0 Å². The highest BCUT2D eigenvalue weighted by Crippen LogP contribution is 2.16. The summed E-state index contributed by atoms with van der Waals surface area (Å²) in [5, 5.41) is 13.4. The van der Waals surface area contributed by atoms with E-state index in [-0.39, 0.29) is 17.8 Å². The van der Waals surface area contributed by atoms with Gasteiger partial charge >= 0.3 is 0 Å². The van der Waals surface area contributed by atoms with Gasteiger partial charge in [0.2, 0.25) is 0 Å². The summed E-state index contributed by atoms with van der Waals surface area (Å²) in [5.74, 6) is 0.619. The van der Waals surface area contributed by atoms with E-state index in [4.69, 9.17) is 4.74 Å². The van der Waals surface area contributed by atoms with Crippen LogP contribution in [0.15, 0.2) is 54.6 Å². The van der Waals surface area contributed by atoms with Crippen molar-refractivity contribution in [2.75, 3.05) is 40.3 Å². The van der Waals surface area contributed by atoms with Gasteiger partial charge in [0.15, 0.2) is 5.78 Å². The van der Waals surface area contributed by atoms with Crippen LogP contribution < -0.4 is 10.1 Å². The molecule has 0 aromatic heterocycles. The average Bonchev–Trinajstić information content (AvgIpc) is 2.65. The molecule has 0 bridgehead atoms. The Bertz CT molecular complexity index is 727. The minimum atomic E-state index is -0.596. The Morgan fingerprint density at radius 3 is 2.29 bits per heavy atom. The van der Waals surface area contributed by atoms with Gasteiger partial charge in [0, 0.05) is 30.8 Å². The molecule has 152 valence electrons. The Morgan fingerprint density at radius 1 is 1.07 bits per heavy atom. The van der Waals surface area contributed by atoms with Crippen molar-refractivity contribution in [3.63, 3.8) is 0 Å². The van der Waals surface area contributed by atoms with Gasteiger partial charge in [-0.25, -0.2) is 0 Å². The maximum absolute atomic E-state index is 12.4. The third-order valence-corrected chi connectivity index (χ3v) is 4.32. The highest BCUT2D eigenvalue weighted by atomic mass is 16.5. The van der Waals surface area contributed by atoms with E-state index in [9.17, 15) is 9.90 Å². The molecule has 28 heavy (non-hydrogen) atoms. The summed E-state index contributed by atoms with van der Waals surface area (Å²) in [7, 11) is 4.12. The highest BCUT2D eigenvalue weighted by Gasteiger charge is 2.19. The van der Waals surface area contributed by atoms with Crippen molar-refractivity contribution in [1.82, 2.24) is 10.2 Å². The monoisotopic (exact) mass is 384 g/mol. The van der Waals surface area contributed by atoms with Crippen LogP contribution in [0.1, 0.15) is 29.8 Å². The van der Waals surface area contributed by atoms with Crippen molar-refractivity contribution in [2.45, 2.75) is 20.0 Å². The maximum Gasteiger partial charge on any atom is 0.193 e. The van der Waals surface area contributed by atoms with Crippen molar-refractivity contribution < 1.29 is 14.6 Å². The van der Waals surface area contributed by atoms with Gasteiger partial charge in [0.25, 0.3) is 0 Å². The summed E-state index contributed by atoms with van der Waals surface area (Å²) in [5.41, 5.74) is 1.41. The number of carbonyl (C=O) groups is 1. The highest BCUT2D eigenvalue weighted by molar-refractivity contribution is 6.08. The lowest BCUT2D eigenvalue weighted by molar-refractivity contribution is 0.101. The molecular weight excluding hydrogens is 352 g/mol. The lowest BCUT2D eigenvalue weighted by Crippen LogP contribution is -2.41. The van der Waals surface area contributed by atoms with Gasteiger partial charge in [0.05, 0.1) is 0 Å². The number of aliphatic hydroxyl groups excluding tert-OH is 1. The maximum atomic E-state index is 12.4. The smallest absolute Gasteiger partial charge is 0.193 e. The molecule has 0 saturated carbocycles. The van der Waals surface area contributed by atoms with Crippen LogP contribution in [0.2, 0.25) is 0 Å². The molecule has 0 fully saturated rings. The first kappa shape index (κ1) is 22.1. The Balaban J connectivity index is 1.76. The molecule has 2 aromatic carbocycles. The Hall–Kier alpha value is -2.21. The van der Waals surface area contributed by atoms with Crippen molar-refractivity contribution >= 4 is 5.78 Å². The topological polar surface area (TPSA) is 61.8 Å². The number of benzene rings is 2. The number of ether oxygens (including phenoxy) is 1. The number of hydrogen-bond acceptors (Lipinski definition) is 5. The fourth-order valence-corrected chi connectivity index (χ4v) is 3.20. The van der Waals surface area contributed by atoms with E-state index < -0.39 is 6.10 Å². The predicted octanol–water partition coefficient (Wildman–Crippen LogP) is 2.83. The van der Waals surface area contributed by atoms with Crippen molar-refractivity contribution in [1.29, 1.82) is 0 Å². The molecule has 2 rings (SSSR count). The van der Waals surface area contributed by atoms with Crippen molar-refractivity contribution in [3.05, 3.63) is 65.7 Å². The average molecular weight is 385 g/mol. The number of nitrogens with zero attached hydrogens (tertiary/aromatic N) is 1. The normalized spacial score (nSPS) is 12.8. The summed E-state index contributed by atoms with van der Waals surface area (Å²) < 4.78 is 5.65. The molecule has 0 aliphatic heterocycles. The van der Waals surface area contributed by atoms with E-state index in [1.807, 2.05) is 18.2 Å². The molecule has 0 spiro atoms. The van der Waals surface area contributed by atoms with E-state index in [2.05, 4.69) is 38.2 Å². The first-order chi connectivity index (χ1) is 13.3. The van der Waals surface area contributed by atoms with Crippen LogP contribution in [-0.2, 0) is 0 Å². The molecule has 0 saturated heterocycles. The zero-order valence-electron chi connectivity index (χ0n) is 17.3. The van der Waals surface area contributed by atoms with Crippen LogP contribution in [0, 0.1) is 5.41 Å². The van der Waals surface area contributed by atoms with Gasteiger partial charge in [-0.05, 0) is 43.8 Å². The van der Waals surface area contributed by atoms with Crippen molar-refractivity contribution in [2.24, 2.45) is 5.41 Å². The first-order valence-electron chi connectivity index (χ1n) is 9.63. The Labute approximate surface area is 168 Å². The molecule has 0 amide bonds. The molecule has 0 aliphatic carbocycles. The van der Waals surface area contributed by atoms with Crippen LogP contribution in [-0.4, -0.2) is 62.2 Å². The third kappa shape index (κ3) is 7.43. The number of aliphatic hydroxyl groups is 1. The number of nitrogens with one attached hydrogen (secondary N) is 1. The van der Waals surface area contributed by atoms with E-state index >= 15 is 0 Å². The second kappa shape index (κ2) is 10.4. The quantitative estimate of drug-likeness (QED) is 0.584. The van der Waals surface area contributed by atoms with Crippen LogP contribution in [0.4, 0.5) is 0 Å². The molecular formula is C23H32N2O3. The zero-order valence-corrected chi connectivity index (χ0v) is 17.3. The summed E-state index contributed by atoms with van der Waals surface area (Å²) >= 11 is 0. The molecule has 5 heteroatoms. The fraction of sp³-hybridized carbons (Fsp3) is 0.435. The van der Waals surface area contributed by atoms with E-state index in [0.29, 0.717) is 23.4 Å². The van der Waals surface area contributed by atoms with Crippen LogP contribution in [0.3, 0.4) is 0 Å². The first-order valence-corrected chi connectivity index (χ1v) is 9.63. The fourth-order valence-electron chi connectivity index (χ4n) is 3.20. The summed E-state index contributed by atoms with van der Waals surface area (Å²) in [6, 6.07) is 16.2. The van der Waals surface area contributed by atoms with Gasteiger partial charge in [-0.3, -0.25) is 4.79 Å². The molecule has 0 radical (unpaired) electrons. The molecule has 2 aromatic rings. The SMILES string of the molecule is CN(C)CC(C)(C)CNCC(O)COc1ccc(C(=O)c2ccccc2)cc1. The number of carbonyl (C=O) groups excluding carboxylic acids is 1. The largest absolute Gasteiger partial charge is 0.491 e. The van der Waals surface area contributed by atoms with Gasteiger partial charge in [0.1, 0.15) is 18.5 Å². The number of rotatable bonds is 11. The second-order valence-electron chi connectivity index (χ2n) is 8.22. The zero-order chi connectivity index (χ0) is 20.6. The van der Waals surface area contributed by atoms with E-state index in [0.717, 1.165) is 13.1 Å². The molecule has 1 atom stereocenters. The van der Waals surface area contributed by atoms with Crippen LogP contribution >= 0.6 is 0 Å². The molecule has 0 heterocycles. The standard InChI is InChI=1S/C23H32N2O3/c1-23(2,17-25(3)4)16-24-14-20(26)15-28-21-12-10-19(11-13-21)22(27)18-8-6-5-7-9-18/h5-13,20,24,26H,14-17H2,1-4H3. The summed E-state index contributed by atoms with van der Waals surface area (Å²) in [6.45, 7) is 6.86. The van der Waals surface area contributed by atoms with Crippen molar-refractivity contribution in [3.8, 4) is 5.75 Å². The molecule has 2 N–H and O–H groups in total.